The van der Waals surface area contributed by atoms with Gasteiger partial charge in [-0.3, -0.25) is 0 Å². The maximum Gasteiger partial charge on any atom is 0.0790 e. The molecule has 0 amide bonds. The molecule has 0 aliphatic heterocycles. The second kappa shape index (κ2) is 11.1. The molecule has 29 heavy (non-hydrogen) atoms. The van der Waals surface area contributed by atoms with Crippen molar-refractivity contribution in [2.75, 3.05) is 6.61 Å². The van der Waals surface area contributed by atoms with E-state index in [-0.39, 0.29) is 12.7 Å². The number of benzene rings is 1. The molecule has 158 valence electrons. The average Bonchev–Trinajstić information content (AvgIpc) is 3.38. The van der Waals surface area contributed by atoms with Crippen molar-refractivity contribution < 1.29 is 10.2 Å². The van der Waals surface area contributed by atoms with Crippen molar-refractivity contribution in [2.24, 2.45) is 5.92 Å². The average molecular weight is 413 g/mol. The van der Waals surface area contributed by atoms with E-state index in [9.17, 15) is 10.2 Å². The highest BCUT2D eigenvalue weighted by molar-refractivity contribution is 7.11. The largest absolute Gasteiger partial charge is 0.392 e. The van der Waals surface area contributed by atoms with Crippen molar-refractivity contribution in [3.8, 4) is 0 Å². The van der Waals surface area contributed by atoms with E-state index in [1.807, 2.05) is 11.3 Å². The molecule has 1 aliphatic carbocycles. The van der Waals surface area contributed by atoms with Gasteiger partial charge in [0.25, 0.3) is 0 Å². The highest BCUT2D eigenvalue weighted by atomic mass is 32.1. The van der Waals surface area contributed by atoms with Gasteiger partial charge in [-0.1, -0.05) is 57.4 Å². The summed E-state index contributed by atoms with van der Waals surface area (Å²) in [5.74, 6) is 0.518. The Morgan fingerprint density at radius 1 is 1.03 bits per heavy atom. The summed E-state index contributed by atoms with van der Waals surface area (Å²) < 4.78 is 0. The maximum atomic E-state index is 10.4. The van der Waals surface area contributed by atoms with Crippen molar-refractivity contribution >= 4 is 16.9 Å². The van der Waals surface area contributed by atoms with Crippen LogP contribution in [0.3, 0.4) is 0 Å². The number of hydrogen-bond donors (Lipinski definition) is 2. The van der Waals surface area contributed by atoms with Gasteiger partial charge in [0.2, 0.25) is 0 Å². The Kier molecular flexibility index (Phi) is 8.53. The van der Waals surface area contributed by atoms with Gasteiger partial charge >= 0.3 is 0 Å². The maximum absolute atomic E-state index is 10.4. The van der Waals surface area contributed by atoms with E-state index in [1.165, 1.54) is 39.3 Å². The predicted molar refractivity (Wildman–Crippen MR) is 124 cm³/mol. The number of rotatable bonds is 11. The van der Waals surface area contributed by atoms with Crippen LogP contribution in [0.5, 0.6) is 0 Å². The standard InChI is InChI=1S/C26H36O2S/c1-3-5-6-7-25(28)19-8-10-20(11-9-19)26-21(12-13-22(26)18-27)14-15-24-17-16-23(4-2)29-24/h8-11,16-17,21,25,27-28H,3-7,12-15,18H2,1-2H3/t21-,25?/m1/s1. The highest BCUT2D eigenvalue weighted by Gasteiger charge is 2.26. The number of aliphatic hydroxyl groups is 2. The highest BCUT2D eigenvalue weighted by Crippen LogP contribution is 2.41. The summed E-state index contributed by atoms with van der Waals surface area (Å²) in [5.41, 5.74) is 4.79. The molecule has 2 aromatic rings. The fraction of sp³-hybridized carbons (Fsp3) is 0.538. The summed E-state index contributed by atoms with van der Waals surface area (Å²) in [5, 5.41) is 20.3. The molecule has 1 heterocycles. The van der Waals surface area contributed by atoms with Crippen LogP contribution < -0.4 is 0 Å². The van der Waals surface area contributed by atoms with Crippen LogP contribution in [0.15, 0.2) is 42.0 Å². The van der Waals surface area contributed by atoms with Crippen LogP contribution >= 0.6 is 11.3 Å². The molecule has 2 nitrogen and oxygen atoms in total. The van der Waals surface area contributed by atoms with Crippen LogP contribution in [-0.4, -0.2) is 16.8 Å². The quantitative estimate of drug-likeness (QED) is 0.403. The van der Waals surface area contributed by atoms with E-state index in [1.54, 1.807) is 0 Å². The zero-order chi connectivity index (χ0) is 20.6. The van der Waals surface area contributed by atoms with Gasteiger partial charge < -0.3 is 10.2 Å². The molecule has 3 heteroatoms. The monoisotopic (exact) mass is 412 g/mol. The summed E-state index contributed by atoms with van der Waals surface area (Å²) in [6, 6.07) is 13.0. The van der Waals surface area contributed by atoms with Crippen LogP contribution in [0.4, 0.5) is 0 Å². The fourth-order valence-electron chi connectivity index (χ4n) is 4.51. The van der Waals surface area contributed by atoms with Gasteiger partial charge in [0.05, 0.1) is 12.7 Å². The van der Waals surface area contributed by atoms with Crippen molar-refractivity contribution in [3.63, 3.8) is 0 Å². The Balaban J connectivity index is 1.68. The molecule has 0 saturated carbocycles. The Morgan fingerprint density at radius 2 is 1.79 bits per heavy atom. The van der Waals surface area contributed by atoms with Gasteiger partial charge in [0.15, 0.2) is 0 Å². The van der Waals surface area contributed by atoms with Crippen LogP contribution in [0.2, 0.25) is 0 Å². The normalized spacial score (nSPS) is 17.9. The van der Waals surface area contributed by atoms with Crippen molar-refractivity contribution in [1.82, 2.24) is 0 Å². The molecule has 1 unspecified atom stereocenters. The van der Waals surface area contributed by atoms with E-state index in [0.717, 1.165) is 50.5 Å². The smallest absolute Gasteiger partial charge is 0.0790 e. The number of aryl methyl sites for hydroxylation is 2. The molecule has 0 spiro atoms. The number of unbranched alkanes of at least 4 members (excludes halogenated alkanes) is 2. The Bertz CT molecular complexity index is 787. The van der Waals surface area contributed by atoms with E-state index in [4.69, 9.17) is 0 Å². The Hall–Kier alpha value is -1.42. The van der Waals surface area contributed by atoms with E-state index >= 15 is 0 Å². The van der Waals surface area contributed by atoms with Gasteiger partial charge in [-0.2, -0.15) is 0 Å². The van der Waals surface area contributed by atoms with Crippen molar-refractivity contribution in [1.29, 1.82) is 0 Å². The Morgan fingerprint density at radius 3 is 2.45 bits per heavy atom. The Labute approximate surface area is 180 Å². The molecule has 1 aromatic carbocycles. The van der Waals surface area contributed by atoms with Gasteiger partial charge in [0, 0.05) is 9.75 Å². The first kappa shape index (κ1) is 22.3. The van der Waals surface area contributed by atoms with Crippen LogP contribution in [0.1, 0.15) is 85.8 Å². The SMILES string of the molecule is CCCCCC(O)c1ccc(C2=C(CO)CC[C@@H]2CCc2ccc(CC)s2)cc1. The van der Waals surface area contributed by atoms with Crippen LogP contribution in [0.25, 0.3) is 5.57 Å². The van der Waals surface area contributed by atoms with Gasteiger partial charge in [-0.15, -0.1) is 11.3 Å². The van der Waals surface area contributed by atoms with E-state index in [2.05, 4.69) is 50.2 Å². The number of aliphatic hydroxyl groups excluding tert-OH is 2. The van der Waals surface area contributed by atoms with E-state index in [0.29, 0.717) is 5.92 Å². The number of thiophene rings is 1. The van der Waals surface area contributed by atoms with E-state index < -0.39 is 0 Å². The first-order valence-electron chi connectivity index (χ1n) is 11.3. The zero-order valence-electron chi connectivity index (χ0n) is 18.0. The molecule has 0 radical (unpaired) electrons. The molecule has 2 N–H and O–H groups in total. The zero-order valence-corrected chi connectivity index (χ0v) is 18.8. The summed E-state index contributed by atoms with van der Waals surface area (Å²) in [4.78, 5) is 2.94. The minimum Gasteiger partial charge on any atom is -0.392 e. The first-order chi connectivity index (χ1) is 14.2. The van der Waals surface area contributed by atoms with Gasteiger partial charge in [0.1, 0.15) is 0 Å². The van der Waals surface area contributed by atoms with Crippen LogP contribution in [0, 0.1) is 5.92 Å². The minimum atomic E-state index is -0.368. The molecule has 0 saturated heterocycles. The van der Waals surface area contributed by atoms with Crippen molar-refractivity contribution in [3.05, 3.63) is 62.9 Å². The van der Waals surface area contributed by atoms with Crippen LogP contribution in [-0.2, 0) is 12.8 Å². The summed E-state index contributed by atoms with van der Waals surface area (Å²) in [7, 11) is 0. The third-order valence-corrected chi connectivity index (χ3v) is 7.56. The summed E-state index contributed by atoms with van der Waals surface area (Å²) in [6.07, 6.45) is 9.41. The van der Waals surface area contributed by atoms with Crippen molar-refractivity contribution in [2.45, 2.75) is 77.7 Å². The molecule has 1 aliphatic rings. The lowest BCUT2D eigenvalue weighted by Crippen LogP contribution is -2.03. The van der Waals surface area contributed by atoms with Gasteiger partial charge in [-0.25, -0.2) is 0 Å². The lowest BCUT2D eigenvalue weighted by atomic mass is 9.89. The lowest BCUT2D eigenvalue weighted by Gasteiger charge is -2.17. The molecular weight excluding hydrogens is 376 g/mol. The predicted octanol–water partition coefficient (Wildman–Crippen LogP) is 6.71. The van der Waals surface area contributed by atoms with Gasteiger partial charge in [-0.05, 0) is 78.8 Å². The third-order valence-electron chi connectivity index (χ3n) is 6.27. The lowest BCUT2D eigenvalue weighted by molar-refractivity contribution is 0.163. The number of hydrogen-bond acceptors (Lipinski definition) is 3. The summed E-state index contributed by atoms with van der Waals surface area (Å²) >= 11 is 1.94. The molecule has 0 fully saturated rings. The topological polar surface area (TPSA) is 40.5 Å². The second-order valence-corrected chi connectivity index (χ2v) is 9.56. The first-order valence-corrected chi connectivity index (χ1v) is 12.2. The second-order valence-electron chi connectivity index (χ2n) is 8.30. The molecule has 2 atom stereocenters. The minimum absolute atomic E-state index is 0.159. The molecule has 1 aromatic heterocycles. The fourth-order valence-corrected chi connectivity index (χ4v) is 5.48. The molecule has 0 bridgehead atoms. The molecule has 3 rings (SSSR count). The third kappa shape index (κ3) is 5.81. The number of allylic oxidation sites excluding steroid dienone is 1. The summed E-state index contributed by atoms with van der Waals surface area (Å²) in [6.45, 7) is 4.56. The molecular formula is C26H36O2S.